The van der Waals surface area contributed by atoms with Crippen LogP contribution >= 0.6 is 0 Å². The molecule has 0 saturated carbocycles. The second kappa shape index (κ2) is 9.52. The van der Waals surface area contributed by atoms with E-state index in [0.29, 0.717) is 12.6 Å². The Kier molecular flexibility index (Phi) is 6.32. The van der Waals surface area contributed by atoms with Crippen molar-refractivity contribution in [2.75, 3.05) is 74.8 Å². The fourth-order valence-corrected chi connectivity index (χ4v) is 5.13. The Morgan fingerprint density at radius 2 is 1.67 bits per heavy atom. The van der Waals surface area contributed by atoms with Crippen LogP contribution in [0, 0.1) is 0 Å². The van der Waals surface area contributed by atoms with E-state index < -0.39 is 0 Å². The van der Waals surface area contributed by atoms with Crippen LogP contribution in [0.4, 0.5) is 17.3 Å². The van der Waals surface area contributed by atoms with Gasteiger partial charge in [-0.2, -0.15) is 0 Å². The molecule has 4 heterocycles. The maximum atomic E-state index is 13.1. The molecule has 2 saturated heterocycles. The summed E-state index contributed by atoms with van der Waals surface area (Å²) in [4.78, 5) is 31.1. The van der Waals surface area contributed by atoms with Crippen LogP contribution in [0.15, 0.2) is 30.6 Å². The van der Waals surface area contributed by atoms with E-state index in [1.54, 1.807) is 13.4 Å². The highest BCUT2D eigenvalue weighted by Crippen LogP contribution is 2.33. The minimum atomic E-state index is 0.0395. The molecule has 176 valence electrons. The van der Waals surface area contributed by atoms with E-state index in [4.69, 9.17) is 14.5 Å². The molecule has 3 aliphatic heterocycles. The molecule has 9 nitrogen and oxygen atoms in total. The number of hydrogen-bond acceptors (Lipinski definition) is 8. The Balaban J connectivity index is 1.39. The zero-order valence-corrected chi connectivity index (χ0v) is 19.4. The zero-order chi connectivity index (χ0) is 22.8. The maximum absolute atomic E-state index is 13.1. The molecule has 0 aliphatic carbocycles. The summed E-state index contributed by atoms with van der Waals surface area (Å²) in [7, 11) is 3.57. The molecule has 0 unspecified atom stereocenters. The lowest BCUT2D eigenvalue weighted by Gasteiger charge is -2.41. The van der Waals surface area contributed by atoms with Gasteiger partial charge in [-0.3, -0.25) is 9.69 Å². The molecule has 0 atom stereocenters. The fraction of sp³-hybridized carbons (Fsp3) is 0.542. The highest BCUT2D eigenvalue weighted by molar-refractivity contribution is 5.98. The van der Waals surface area contributed by atoms with E-state index in [1.807, 2.05) is 41.1 Å². The Bertz CT molecular complexity index is 971. The average molecular weight is 453 g/mol. The van der Waals surface area contributed by atoms with Crippen LogP contribution in [-0.4, -0.2) is 86.9 Å². The summed E-state index contributed by atoms with van der Waals surface area (Å²) >= 11 is 0. The molecule has 9 heteroatoms. The molecule has 5 rings (SSSR count). The van der Waals surface area contributed by atoms with E-state index >= 15 is 0 Å². The molecule has 0 spiro atoms. The van der Waals surface area contributed by atoms with Gasteiger partial charge in [0, 0.05) is 45.0 Å². The van der Waals surface area contributed by atoms with Gasteiger partial charge in [-0.05, 0) is 37.1 Å². The zero-order valence-electron chi connectivity index (χ0n) is 19.4. The first-order valence-corrected chi connectivity index (χ1v) is 11.7. The molecule has 33 heavy (non-hydrogen) atoms. The van der Waals surface area contributed by atoms with Crippen LogP contribution in [0.25, 0.3) is 0 Å². The van der Waals surface area contributed by atoms with Crippen LogP contribution < -0.4 is 19.4 Å². The van der Waals surface area contributed by atoms with Gasteiger partial charge in [0.1, 0.15) is 23.7 Å². The minimum absolute atomic E-state index is 0.0395. The van der Waals surface area contributed by atoms with Crippen molar-refractivity contribution in [1.29, 1.82) is 0 Å². The fourth-order valence-electron chi connectivity index (χ4n) is 5.13. The number of carbonyl (C=O) groups excluding carboxylic acids is 1. The lowest BCUT2D eigenvalue weighted by atomic mass is 10.0. The van der Waals surface area contributed by atoms with Gasteiger partial charge in [-0.25, -0.2) is 9.97 Å². The number of rotatable bonds is 4. The van der Waals surface area contributed by atoms with Gasteiger partial charge in [0.05, 0.1) is 39.0 Å². The van der Waals surface area contributed by atoms with E-state index in [0.717, 1.165) is 80.9 Å². The first-order valence-electron chi connectivity index (χ1n) is 11.7. The van der Waals surface area contributed by atoms with Crippen molar-refractivity contribution in [1.82, 2.24) is 14.9 Å². The quantitative estimate of drug-likeness (QED) is 0.695. The summed E-state index contributed by atoms with van der Waals surface area (Å²) in [5.74, 6) is 2.59. The Morgan fingerprint density at radius 1 is 0.970 bits per heavy atom. The molecule has 2 fully saturated rings. The van der Waals surface area contributed by atoms with Crippen molar-refractivity contribution >= 4 is 23.2 Å². The van der Waals surface area contributed by atoms with Crippen LogP contribution in [0.3, 0.4) is 0 Å². The number of methoxy groups -OCH3 is 1. The van der Waals surface area contributed by atoms with E-state index in [2.05, 4.69) is 14.8 Å². The third-order valence-corrected chi connectivity index (χ3v) is 6.96. The number of benzene rings is 1. The van der Waals surface area contributed by atoms with Crippen LogP contribution in [0.5, 0.6) is 5.75 Å². The van der Waals surface area contributed by atoms with Crippen LogP contribution in [0.1, 0.15) is 18.4 Å². The third kappa shape index (κ3) is 4.47. The number of anilines is 3. The molecular formula is C24H32N6O3. The summed E-state index contributed by atoms with van der Waals surface area (Å²) in [6.45, 7) is 6.34. The Hall–Kier alpha value is -2.91. The number of ether oxygens (including phenoxy) is 2. The summed E-state index contributed by atoms with van der Waals surface area (Å²) in [6.07, 6.45) is 3.84. The van der Waals surface area contributed by atoms with E-state index in [9.17, 15) is 4.79 Å². The number of hydrogen-bond donors (Lipinski definition) is 0. The first kappa shape index (κ1) is 21.9. The molecule has 1 amide bonds. The second-order valence-electron chi connectivity index (χ2n) is 8.90. The lowest BCUT2D eigenvalue weighted by molar-refractivity contribution is -0.117. The van der Waals surface area contributed by atoms with E-state index in [-0.39, 0.29) is 12.5 Å². The largest absolute Gasteiger partial charge is 0.497 e. The van der Waals surface area contributed by atoms with Gasteiger partial charge < -0.3 is 24.2 Å². The van der Waals surface area contributed by atoms with Gasteiger partial charge in [0.25, 0.3) is 0 Å². The smallest absolute Gasteiger partial charge is 0.246 e. The number of aromatic nitrogens is 2. The van der Waals surface area contributed by atoms with Gasteiger partial charge in [0.2, 0.25) is 5.91 Å². The number of nitrogens with zero attached hydrogens (tertiary/aromatic N) is 6. The maximum Gasteiger partial charge on any atom is 0.246 e. The molecular weight excluding hydrogens is 420 g/mol. The van der Waals surface area contributed by atoms with Crippen molar-refractivity contribution in [3.63, 3.8) is 0 Å². The number of carbonyl (C=O) groups is 1. The van der Waals surface area contributed by atoms with Crippen molar-refractivity contribution in [3.8, 4) is 5.75 Å². The lowest BCUT2D eigenvalue weighted by Crippen LogP contribution is -2.49. The van der Waals surface area contributed by atoms with Gasteiger partial charge >= 0.3 is 0 Å². The number of morpholine rings is 1. The normalized spacial score (nSPS) is 20.5. The standard InChI is InChI=1S/C24H32N6O3/c1-27-16-22(31)30(19-3-5-20(32-2)6-4-19)15-21-23(27)25-17-26-24(21)29-9-7-18(8-10-29)28-11-13-33-14-12-28/h3-6,17-18H,7-16H2,1-2H3. The Morgan fingerprint density at radius 3 is 2.36 bits per heavy atom. The summed E-state index contributed by atoms with van der Waals surface area (Å²) < 4.78 is 10.8. The van der Waals surface area contributed by atoms with Gasteiger partial charge in [-0.1, -0.05) is 0 Å². The van der Waals surface area contributed by atoms with Crippen molar-refractivity contribution in [3.05, 3.63) is 36.2 Å². The predicted molar refractivity (Wildman–Crippen MR) is 127 cm³/mol. The van der Waals surface area contributed by atoms with Gasteiger partial charge in [0.15, 0.2) is 0 Å². The van der Waals surface area contributed by atoms with Crippen molar-refractivity contribution in [2.24, 2.45) is 0 Å². The number of fused-ring (bicyclic) bond motifs is 1. The summed E-state index contributed by atoms with van der Waals surface area (Å²) in [6, 6.07) is 8.23. The first-order chi connectivity index (χ1) is 16.1. The number of likely N-dealkylation sites (N-methyl/N-ethyl adjacent to an activating group) is 1. The van der Waals surface area contributed by atoms with Crippen LogP contribution in [0.2, 0.25) is 0 Å². The SMILES string of the molecule is COc1ccc(N2Cc3c(ncnc3N3CCC(N4CCOCC4)CC3)N(C)CC2=O)cc1. The number of piperidine rings is 1. The van der Waals surface area contributed by atoms with Crippen LogP contribution in [-0.2, 0) is 16.1 Å². The van der Waals surface area contributed by atoms with E-state index in [1.165, 1.54) is 0 Å². The molecule has 2 aromatic rings. The monoisotopic (exact) mass is 452 g/mol. The predicted octanol–water partition coefficient (Wildman–Crippen LogP) is 1.77. The molecule has 1 aromatic carbocycles. The molecule has 0 radical (unpaired) electrons. The molecule has 1 aromatic heterocycles. The molecule has 0 bridgehead atoms. The topological polar surface area (TPSA) is 74.3 Å². The average Bonchev–Trinajstić information content (AvgIpc) is 3.00. The Labute approximate surface area is 194 Å². The van der Waals surface area contributed by atoms with Crippen molar-refractivity contribution < 1.29 is 14.3 Å². The van der Waals surface area contributed by atoms with Gasteiger partial charge in [-0.15, -0.1) is 0 Å². The summed E-state index contributed by atoms with van der Waals surface area (Å²) in [5.41, 5.74) is 1.86. The number of amides is 1. The minimum Gasteiger partial charge on any atom is -0.497 e. The summed E-state index contributed by atoms with van der Waals surface area (Å²) in [5, 5.41) is 0. The van der Waals surface area contributed by atoms with Crippen molar-refractivity contribution in [2.45, 2.75) is 25.4 Å². The third-order valence-electron chi connectivity index (χ3n) is 6.96. The second-order valence-corrected chi connectivity index (χ2v) is 8.90. The molecule has 0 N–H and O–H groups in total. The highest BCUT2D eigenvalue weighted by Gasteiger charge is 2.32. The highest BCUT2D eigenvalue weighted by atomic mass is 16.5. The molecule has 3 aliphatic rings.